The predicted octanol–water partition coefficient (Wildman–Crippen LogP) is 0.656. The van der Waals surface area contributed by atoms with Crippen molar-refractivity contribution in [3.05, 3.63) is 42.2 Å². The number of cyclic esters (lactones) is 1. The first kappa shape index (κ1) is 25.6. The van der Waals surface area contributed by atoms with Crippen molar-refractivity contribution in [1.29, 1.82) is 0 Å². The van der Waals surface area contributed by atoms with Crippen molar-refractivity contribution in [2.24, 2.45) is 0 Å². The van der Waals surface area contributed by atoms with Gasteiger partial charge in [0.1, 0.15) is 23.8 Å². The largest absolute Gasteiger partial charge is 0.433 e. The topological polar surface area (TPSA) is 147 Å². The smallest absolute Gasteiger partial charge is 0.310 e. The highest BCUT2D eigenvalue weighted by Gasteiger charge is 2.46. The number of fused-ring (bicyclic) bond motifs is 2. The number of hydrazine groups is 1. The quantitative estimate of drug-likeness (QED) is 0.525. The number of nitrogens with zero attached hydrogens (tertiary/aromatic N) is 3. The van der Waals surface area contributed by atoms with Crippen molar-refractivity contribution >= 4 is 40.4 Å². The lowest BCUT2D eigenvalue weighted by Crippen LogP contribution is -2.64. The first-order valence-corrected chi connectivity index (χ1v) is 12.8. The Morgan fingerprint density at radius 3 is 2.76 bits per heavy atom. The first-order valence-electron chi connectivity index (χ1n) is 12.8. The number of esters is 1. The maximum atomic E-state index is 13.7. The van der Waals surface area contributed by atoms with E-state index in [0.29, 0.717) is 18.2 Å². The molecule has 2 N–H and O–H groups in total. The minimum Gasteiger partial charge on any atom is -0.433 e. The van der Waals surface area contributed by atoms with Crippen molar-refractivity contribution in [2.45, 2.75) is 63.4 Å². The molecule has 3 aliphatic rings. The minimum atomic E-state index is -1.03. The molecule has 12 nitrogen and oxygen atoms in total. The van der Waals surface area contributed by atoms with Crippen LogP contribution in [0, 0.1) is 0 Å². The van der Waals surface area contributed by atoms with E-state index in [0.717, 1.165) is 5.39 Å². The Morgan fingerprint density at radius 2 is 1.95 bits per heavy atom. The molecular formula is C26H29N5O7. The van der Waals surface area contributed by atoms with Crippen molar-refractivity contribution < 1.29 is 33.4 Å². The Bertz CT molecular complexity index is 1280. The van der Waals surface area contributed by atoms with Crippen LogP contribution >= 0.6 is 0 Å². The summed E-state index contributed by atoms with van der Waals surface area (Å²) in [5.41, 5.74) is 0.170. The molecule has 5 rings (SSSR count). The molecule has 0 unspecified atom stereocenters. The molecule has 4 heterocycles. The Morgan fingerprint density at radius 1 is 1.13 bits per heavy atom. The summed E-state index contributed by atoms with van der Waals surface area (Å²) in [7, 11) is 0. The zero-order valence-electron chi connectivity index (χ0n) is 20.9. The van der Waals surface area contributed by atoms with Crippen LogP contribution in [0.25, 0.3) is 10.8 Å². The molecule has 1 aromatic carbocycles. The number of ether oxygens (including phenoxy) is 2. The number of hydrogen-bond acceptors (Lipinski definition) is 8. The number of carbonyl (C=O) groups excluding carboxylic acids is 5. The van der Waals surface area contributed by atoms with Gasteiger partial charge in [-0.3, -0.25) is 34.0 Å². The van der Waals surface area contributed by atoms with Gasteiger partial charge in [0.2, 0.25) is 18.1 Å². The summed E-state index contributed by atoms with van der Waals surface area (Å²) in [6.45, 7) is 2.31. The molecule has 38 heavy (non-hydrogen) atoms. The average Bonchev–Trinajstić information content (AvgIpc) is 3.21. The van der Waals surface area contributed by atoms with Crippen LogP contribution in [-0.2, 0) is 28.7 Å². The zero-order chi connectivity index (χ0) is 26.8. The van der Waals surface area contributed by atoms with Crippen LogP contribution in [0.5, 0.6) is 0 Å². The van der Waals surface area contributed by atoms with E-state index in [-0.39, 0.29) is 44.0 Å². The van der Waals surface area contributed by atoms with Gasteiger partial charge in [0.05, 0.1) is 6.42 Å². The number of carbonyl (C=O) groups is 5. The molecular weight excluding hydrogens is 494 g/mol. The number of amides is 4. The maximum absolute atomic E-state index is 13.7. The van der Waals surface area contributed by atoms with Gasteiger partial charge in [0.15, 0.2) is 0 Å². The summed E-state index contributed by atoms with van der Waals surface area (Å²) in [4.78, 5) is 69.3. The van der Waals surface area contributed by atoms with Crippen LogP contribution in [0.3, 0.4) is 0 Å². The lowest BCUT2D eigenvalue weighted by atomic mass is 10.0. The highest BCUT2D eigenvalue weighted by atomic mass is 16.7. The summed E-state index contributed by atoms with van der Waals surface area (Å²) >= 11 is 0. The van der Waals surface area contributed by atoms with Gasteiger partial charge < -0.3 is 20.1 Å². The fraction of sp³-hybridized carbons (Fsp3) is 0.462. The summed E-state index contributed by atoms with van der Waals surface area (Å²) in [6.07, 6.45) is 1.49. The molecule has 2 aromatic rings. The van der Waals surface area contributed by atoms with Crippen molar-refractivity contribution in [3.8, 4) is 0 Å². The fourth-order valence-electron chi connectivity index (χ4n) is 5.18. The second kappa shape index (κ2) is 10.7. The highest BCUT2D eigenvalue weighted by Crippen LogP contribution is 2.26. The molecule has 0 bridgehead atoms. The number of aromatic nitrogens is 1. The Labute approximate surface area is 218 Å². The predicted molar refractivity (Wildman–Crippen MR) is 132 cm³/mol. The molecule has 1 aromatic heterocycles. The lowest BCUT2D eigenvalue weighted by molar-refractivity contribution is -0.177. The van der Waals surface area contributed by atoms with E-state index in [1.54, 1.807) is 25.1 Å². The Kier molecular flexibility index (Phi) is 7.23. The van der Waals surface area contributed by atoms with Crippen LogP contribution in [0.2, 0.25) is 0 Å². The monoisotopic (exact) mass is 523 g/mol. The second-order valence-corrected chi connectivity index (χ2v) is 9.44. The van der Waals surface area contributed by atoms with E-state index in [1.165, 1.54) is 16.2 Å². The summed E-state index contributed by atoms with van der Waals surface area (Å²) in [5.74, 6) is -2.41. The molecule has 0 radical (unpaired) electrons. The molecule has 0 aliphatic carbocycles. The maximum Gasteiger partial charge on any atom is 0.310 e. The van der Waals surface area contributed by atoms with Crippen LogP contribution in [0.4, 0.5) is 0 Å². The SMILES string of the molecule is CCO[C@@H]1OC(=O)C[C@@H]1NC(=O)[C@H]1CCCN2C(=O)CC[C@@H](NC(=O)c3nccc4ccccc34)C(=O)N12. The zero-order valence-corrected chi connectivity index (χ0v) is 20.9. The minimum absolute atomic E-state index is 0.0296. The Balaban J connectivity index is 1.36. The van der Waals surface area contributed by atoms with E-state index >= 15 is 0 Å². The van der Waals surface area contributed by atoms with Crippen LogP contribution in [0.15, 0.2) is 36.5 Å². The molecule has 3 saturated heterocycles. The standard InChI is InChI=1S/C26H29N5O7/c1-2-37-26-18(14-21(33)38-26)29-23(34)19-8-5-13-30-20(32)10-9-17(25(36)31(19)30)28-24(35)22-16-7-4-3-6-15(16)11-12-27-22/h3-4,6-7,11-12,17-19,26H,2,5,8-10,13-14H2,1H3,(H,28,35)(H,29,34)/t17-,18+,19-,26-/m1/s1. The summed E-state index contributed by atoms with van der Waals surface area (Å²) < 4.78 is 10.5. The number of rotatable bonds is 6. The van der Waals surface area contributed by atoms with Gasteiger partial charge in [-0.15, -0.1) is 0 Å². The highest BCUT2D eigenvalue weighted by molar-refractivity contribution is 6.06. The van der Waals surface area contributed by atoms with Gasteiger partial charge in [-0.25, -0.2) is 5.01 Å². The molecule has 3 fully saturated rings. The molecule has 3 aliphatic heterocycles. The third kappa shape index (κ3) is 4.91. The van der Waals surface area contributed by atoms with E-state index < -0.39 is 48.1 Å². The van der Waals surface area contributed by atoms with Crippen molar-refractivity contribution in [3.63, 3.8) is 0 Å². The van der Waals surface area contributed by atoms with Gasteiger partial charge >= 0.3 is 5.97 Å². The van der Waals surface area contributed by atoms with Crippen LogP contribution in [-0.4, -0.2) is 82.2 Å². The van der Waals surface area contributed by atoms with Crippen LogP contribution < -0.4 is 10.6 Å². The van der Waals surface area contributed by atoms with Gasteiger partial charge in [0, 0.05) is 31.2 Å². The molecule has 0 saturated carbocycles. The third-order valence-corrected chi connectivity index (χ3v) is 6.98. The number of pyridine rings is 1. The van der Waals surface area contributed by atoms with Crippen molar-refractivity contribution in [1.82, 2.24) is 25.6 Å². The Hall–Kier alpha value is -4.06. The third-order valence-electron chi connectivity index (χ3n) is 6.98. The van der Waals surface area contributed by atoms with Gasteiger partial charge in [0.25, 0.3) is 11.8 Å². The summed E-state index contributed by atoms with van der Waals surface area (Å²) in [5, 5.41) is 9.45. The average molecular weight is 524 g/mol. The molecule has 0 spiro atoms. The van der Waals surface area contributed by atoms with Gasteiger partial charge in [-0.2, -0.15) is 0 Å². The van der Waals surface area contributed by atoms with E-state index in [1.807, 2.05) is 12.1 Å². The molecule has 12 heteroatoms. The van der Waals surface area contributed by atoms with E-state index in [9.17, 15) is 24.0 Å². The summed E-state index contributed by atoms with van der Waals surface area (Å²) in [6, 6.07) is 6.33. The van der Waals surface area contributed by atoms with E-state index in [4.69, 9.17) is 9.47 Å². The van der Waals surface area contributed by atoms with Crippen LogP contribution in [0.1, 0.15) is 49.5 Å². The van der Waals surface area contributed by atoms with Crippen molar-refractivity contribution in [2.75, 3.05) is 13.2 Å². The number of nitrogens with one attached hydrogen (secondary N) is 2. The number of hydrogen-bond donors (Lipinski definition) is 2. The molecule has 4 atom stereocenters. The van der Waals surface area contributed by atoms with Gasteiger partial charge in [-0.1, -0.05) is 24.3 Å². The fourth-order valence-corrected chi connectivity index (χ4v) is 5.18. The number of benzene rings is 1. The normalized spacial score (nSPS) is 25.6. The first-order chi connectivity index (χ1) is 18.4. The molecule has 4 amide bonds. The second-order valence-electron chi connectivity index (χ2n) is 9.44. The molecule has 200 valence electrons. The van der Waals surface area contributed by atoms with E-state index in [2.05, 4.69) is 15.6 Å². The van der Waals surface area contributed by atoms with Gasteiger partial charge in [-0.05, 0) is 37.6 Å². The lowest BCUT2D eigenvalue weighted by Gasteiger charge is -2.43.